The summed E-state index contributed by atoms with van der Waals surface area (Å²) in [7, 11) is 2.14. The van der Waals surface area contributed by atoms with E-state index < -0.39 is 0 Å². The van der Waals surface area contributed by atoms with Gasteiger partial charge in [-0.25, -0.2) is 4.98 Å². The van der Waals surface area contributed by atoms with Gasteiger partial charge in [-0.05, 0) is 32.1 Å². The van der Waals surface area contributed by atoms with Crippen LogP contribution >= 0.6 is 11.6 Å². The third-order valence-corrected chi connectivity index (χ3v) is 4.15. The number of aromatic nitrogens is 2. The van der Waals surface area contributed by atoms with Crippen LogP contribution in [0, 0.1) is 11.3 Å². The number of benzene rings is 1. The zero-order valence-corrected chi connectivity index (χ0v) is 12.3. The molecule has 1 saturated heterocycles. The van der Waals surface area contributed by atoms with Crippen molar-refractivity contribution in [3.05, 3.63) is 29.6 Å². The van der Waals surface area contributed by atoms with Gasteiger partial charge in [0.05, 0.1) is 11.1 Å². The van der Waals surface area contributed by atoms with E-state index in [0.29, 0.717) is 17.5 Å². The molecule has 0 aliphatic carbocycles. The van der Waals surface area contributed by atoms with Gasteiger partial charge in [0.1, 0.15) is 17.4 Å². The summed E-state index contributed by atoms with van der Waals surface area (Å²) >= 11 is 5.92. The van der Waals surface area contributed by atoms with Crippen LogP contribution in [0.1, 0.15) is 23.9 Å². The molecule has 1 aliphatic heterocycles. The van der Waals surface area contributed by atoms with Crippen LogP contribution in [0.5, 0.6) is 0 Å². The van der Waals surface area contributed by atoms with Gasteiger partial charge in [0.25, 0.3) is 0 Å². The first kappa shape index (κ1) is 13.4. The second kappa shape index (κ2) is 5.43. The molecule has 0 amide bonds. The molecule has 4 nitrogen and oxygen atoms in total. The van der Waals surface area contributed by atoms with Gasteiger partial charge < -0.3 is 9.47 Å². The van der Waals surface area contributed by atoms with Gasteiger partial charge in [0.2, 0.25) is 0 Å². The van der Waals surface area contributed by atoms with Gasteiger partial charge in [0.15, 0.2) is 0 Å². The first-order valence-electron chi connectivity index (χ1n) is 6.89. The number of nitriles is 1. The summed E-state index contributed by atoms with van der Waals surface area (Å²) in [6.07, 6.45) is 1.86. The lowest BCUT2D eigenvalue weighted by Crippen LogP contribution is -2.18. The van der Waals surface area contributed by atoms with Gasteiger partial charge in [-0.1, -0.05) is 6.07 Å². The summed E-state index contributed by atoms with van der Waals surface area (Å²) in [5.41, 5.74) is 2.51. The molecule has 1 unspecified atom stereocenters. The van der Waals surface area contributed by atoms with Crippen molar-refractivity contribution in [3.63, 3.8) is 0 Å². The first-order valence-corrected chi connectivity index (χ1v) is 7.42. The molecule has 5 heteroatoms. The molecule has 0 radical (unpaired) electrons. The summed E-state index contributed by atoms with van der Waals surface area (Å²) in [5, 5.41) is 9.24. The Balaban J connectivity index is 2.17. The Morgan fingerprint density at radius 3 is 3.00 bits per heavy atom. The summed E-state index contributed by atoms with van der Waals surface area (Å²) in [6.45, 7) is 2.13. The van der Waals surface area contributed by atoms with E-state index in [9.17, 15) is 5.26 Å². The molecule has 1 aromatic heterocycles. The predicted molar refractivity (Wildman–Crippen MR) is 80.0 cm³/mol. The van der Waals surface area contributed by atoms with E-state index in [2.05, 4.69) is 33.6 Å². The number of likely N-dealkylation sites (N-methyl/N-ethyl adjacent to an activating group) is 1. The summed E-state index contributed by atoms with van der Waals surface area (Å²) in [4.78, 5) is 7.01. The van der Waals surface area contributed by atoms with Crippen LogP contribution in [0.4, 0.5) is 0 Å². The van der Waals surface area contributed by atoms with Crippen molar-refractivity contribution >= 4 is 22.6 Å². The Kier molecular flexibility index (Phi) is 3.64. The zero-order chi connectivity index (χ0) is 14.1. The van der Waals surface area contributed by atoms with Crippen molar-refractivity contribution in [3.8, 4) is 6.07 Å². The van der Waals surface area contributed by atoms with E-state index in [4.69, 9.17) is 11.6 Å². The smallest absolute Gasteiger partial charge is 0.111 e. The highest BCUT2D eigenvalue weighted by molar-refractivity contribution is 6.17. The van der Waals surface area contributed by atoms with Gasteiger partial charge >= 0.3 is 0 Å². The summed E-state index contributed by atoms with van der Waals surface area (Å²) < 4.78 is 2.29. The van der Waals surface area contributed by atoms with Gasteiger partial charge in [-0.3, -0.25) is 0 Å². The number of hydrogen-bond donors (Lipinski definition) is 0. The molecule has 0 spiro atoms. The van der Waals surface area contributed by atoms with Gasteiger partial charge in [0, 0.05) is 24.9 Å². The lowest BCUT2D eigenvalue weighted by Gasteiger charge is -2.16. The largest absolute Gasteiger partial charge is 0.323 e. The molecule has 2 aromatic rings. The normalized spacial score (nSPS) is 19.6. The Morgan fingerprint density at radius 1 is 1.50 bits per heavy atom. The number of rotatable bonds is 3. The van der Waals surface area contributed by atoms with E-state index in [1.165, 1.54) is 0 Å². The maximum absolute atomic E-state index is 9.24. The third-order valence-electron chi connectivity index (χ3n) is 3.96. The van der Waals surface area contributed by atoms with Crippen molar-refractivity contribution in [2.75, 3.05) is 26.0 Å². The lowest BCUT2D eigenvalue weighted by molar-refractivity contribution is 0.392. The third kappa shape index (κ3) is 2.17. The Bertz CT molecular complexity index is 670. The van der Waals surface area contributed by atoms with E-state index in [1.54, 1.807) is 0 Å². The molecule has 0 N–H and O–H groups in total. The number of fused-ring (bicyclic) bond motifs is 1. The fourth-order valence-corrected chi connectivity index (χ4v) is 3.22. The molecular formula is C15H17ClN4. The van der Waals surface area contributed by atoms with Crippen LogP contribution in [-0.4, -0.2) is 40.5 Å². The molecule has 1 atom stereocenters. The minimum absolute atomic E-state index is 0.428. The maximum atomic E-state index is 9.24. The number of alkyl halides is 1. The number of likely N-dealkylation sites (tertiary alicyclic amines) is 1. The number of halogens is 1. The molecule has 104 valence electrons. The first-order chi connectivity index (χ1) is 9.74. The summed E-state index contributed by atoms with van der Waals surface area (Å²) in [5.74, 6) is 1.55. The highest BCUT2D eigenvalue weighted by Crippen LogP contribution is 2.29. The van der Waals surface area contributed by atoms with E-state index >= 15 is 0 Å². The van der Waals surface area contributed by atoms with Crippen molar-refractivity contribution in [1.29, 1.82) is 5.26 Å². The molecule has 0 saturated carbocycles. The fourth-order valence-electron chi connectivity index (χ4n) is 3.05. The standard InChI is InChI=1S/C15H17ClN4/c1-19-8-6-12(10-19)20-13-4-2-3-11(9-17)15(13)18-14(20)5-7-16/h2-4,12H,5-8,10H2,1H3. The van der Waals surface area contributed by atoms with Crippen molar-refractivity contribution in [1.82, 2.24) is 14.5 Å². The molecule has 20 heavy (non-hydrogen) atoms. The second-order valence-electron chi connectivity index (χ2n) is 5.33. The van der Waals surface area contributed by atoms with Crippen LogP contribution in [0.3, 0.4) is 0 Å². The summed E-state index contributed by atoms with van der Waals surface area (Å²) in [6, 6.07) is 8.47. The maximum Gasteiger partial charge on any atom is 0.111 e. The Labute approximate surface area is 123 Å². The van der Waals surface area contributed by atoms with Crippen molar-refractivity contribution in [2.45, 2.75) is 18.9 Å². The highest BCUT2D eigenvalue weighted by atomic mass is 35.5. The number of hydrogen-bond acceptors (Lipinski definition) is 3. The van der Waals surface area contributed by atoms with Gasteiger partial charge in [-0.15, -0.1) is 11.6 Å². The zero-order valence-electron chi connectivity index (χ0n) is 11.5. The fraction of sp³-hybridized carbons (Fsp3) is 0.467. The topological polar surface area (TPSA) is 44.9 Å². The van der Waals surface area contributed by atoms with Crippen LogP contribution in [-0.2, 0) is 6.42 Å². The van der Waals surface area contributed by atoms with E-state index in [0.717, 1.165) is 42.8 Å². The monoisotopic (exact) mass is 288 g/mol. The Morgan fingerprint density at radius 2 is 2.35 bits per heavy atom. The number of aryl methyl sites for hydroxylation is 1. The quantitative estimate of drug-likeness (QED) is 0.816. The van der Waals surface area contributed by atoms with Crippen LogP contribution in [0.15, 0.2) is 18.2 Å². The molecule has 1 aliphatic rings. The minimum Gasteiger partial charge on any atom is -0.323 e. The lowest BCUT2D eigenvalue weighted by atomic mass is 10.2. The van der Waals surface area contributed by atoms with Crippen LogP contribution in [0.2, 0.25) is 0 Å². The SMILES string of the molecule is CN1CCC(n2c(CCCl)nc3c(C#N)cccc32)C1. The molecule has 3 rings (SSSR count). The van der Waals surface area contributed by atoms with Crippen molar-refractivity contribution < 1.29 is 0 Å². The number of nitrogens with zero attached hydrogens (tertiary/aromatic N) is 4. The average molecular weight is 289 g/mol. The molecular weight excluding hydrogens is 272 g/mol. The molecule has 0 bridgehead atoms. The second-order valence-corrected chi connectivity index (χ2v) is 5.70. The molecule has 1 aromatic carbocycles. The van der Waals surface area contributed by atoms with Crippen LogP contribution < -0.4 is 0 Å². The predicted octanol–water partition coefficient (Wildman–Crippen LogP) is 2.57. The molecule has 1 fully saturated rings. The van der Waals surface area contributed by atoms with Crippen LogP contribution in [0.25, 0.3) is 11.0 Å². The van der Waals surface area contributed by atoms with Crippen molar-refractivity contribution in [2.24, 2.45) is 0 Å². The van der Waals surface area contributed by atoms with E-state index in [1.807, 2.05) is 12.1 Å². The molecule has 2 heterocycles. The average Bonchev–Trinajstić information content (AvgIpc) is 3.01. The number of para-hydroxylation sites is 1. The minimum atomic E-state index is 0.428. The highest BCUT2D eigenvalue weighted by Gasteiger charge is 2.25. The number of imidazole rings is 1. The Hall–Kier alpha value is -1.57. The van der Waals surface area contributed by atoms with Gasteiger partial charge in [-0.2, -0.15) is 5.26 Å². The van der Waals surface area contributed by atoms with E-state index in [-0.39, 0.29) is 0 Å².